The maximum atomic E-state index is 4.94. The van der Waals surface area contributed by atoms with Crippen LogP contribution in [0.4, 0.5) is 0 Å². The molecule has 1 saturated heterocycles. The average Bonchev–Trinajstić information content (AvgIpc) is 2.14. The van der Waals surface area contributed by atoms with Crippen LogP contribution < -0.4 is 4.72 Å². The molecule has 14 heavy (non-hydrogen) atoms. The Labute approximate surface area is 90.1 Å². The second kappa shape index (κ2) is 11.2. The molecule has 1 rings (SSSR count). The zero-order valence-corrected chi connectivity index (χ0v) is 9.53. The van der Waals surface area contributed by atoms with Crippen LogP contribution in [0, 0.1) is 0 Å². The van der Waals surface area contributed by atoms with E-state index in [0.29, 0.717) is 0 Å². The minimum absolute atomic E-state index is 0. The van der Waals surface area contributed by atoms with E-state index in [9.17, 15) is 0 Å². The van der Waals surface area contributed by atoms with E-state index < -0.39 is 0 Å². The molecule has 0 saturated carbocycles. The van der Waals surface area contributed by atoms with Crippen LogP contribution in [-0.4, -0.2) is 48.6 Å². The lowest BCUT2D eigenvalue weighted by atomic mass is 10.2. The van der Waals surface area contributed by atoms with Crippen LogP contribution in [0.15, 0.2) is 0 Å². The molecular formula is C8H22N2O3S. The van der Waals surface area contributed by atoms with E-state index in [0.717, 1.165) is 13.2 Å². The van der Waals surface area contributed by atoms with Crippen molar-refractivity contribution in [1.82, 2.24) is 9.03 Å². The quantitative estimate of drug-likeness (QED) is 0.511. The van der Waals surface area contributed by atoms with Gasteiger partial charge in [-0.1, -0.05) is 6.42 Å². The number of nitrogens with one attached hydrogen (secondary N) is 1. The van der Waals surface area contributed by atoms with Crippen molar-refractivity contribution in [2.24, 2.45) is 0 Å². The third kappa shape index (κ3) is 7.54. The van der Waals surface area contributed by atoms with Gasteiger partial charge in [0, 0.05) is 38.9 Å². The lowest BCUT2D eigenvalue weighted by molar-refractivity contribution is 0.204. The largest absolute Gasteiger partial charge is 0.412 e. The summed E-state index contributed by atoms with van der Waals surface area (Å²) in [4.78, 5) is 0. The molecule has 1 aliphatic heterocycles. The predicted molar refractivity (Wildman–Crippen MR) is 60.1 cm³/mol. The molecule has 88 valence electrons. The van der Waals surface area contributed by atoms with Crippen molar-refractivity contribution in [2.75, 3.05) is 33.4 Å². The highest BCUT2D eigenvalue weighted by Crippen LogP contribution is 2.14. The summed E-state index contributed by atoms with van der Waals surface area (Å²) in [6.45, 7) is 4.17. The average molecular weight is 226 g/mol. The first-order chi connectivity index (χ1) is 5.93. The highest BCUT2D eigenvalue weighted by Gasteiger charge is 2.09. The summed E-state index contributed by atoms with van der Waals surface area (Å²) in [5, 5.41) is 0. The lowest BCUT2D eigenvalue weighted by Gasteiger charge is -2.24. The van der Waals surface area contributed by atoms with E-state index >= 15 is 0 Å². The number of rotatable bonds is 5. The van der Waals surface area contributed by atoms with Crippen LogP contribution in [0.25, 0.3) is 0 Å². The van der Waals surface area contributed by atoms with Gasteiger partial charge >= 0.3 is 0 Å². The summed E-state index contributed by atoms with van der Waals surface area (Å²) in [5.41, 5.74) is 0. The molecule has 0 aliphatic carbocycles. The molecular weight excluding hydrogens is 204 g/mol. The first-order valence-electron chi connectivity index (χ1n) is 4.57. The van der Waals surface area contributed by atoms with E-state index in [1.165, 1.54) is 32.4 Å². The third-order valence-corrected chi connectivity index (χ3v) is 2.87. The monoisotopic (exact) mass is 226 g/mol. The van der Waals surface area contributed by atoms with Crippen molar-refractivity contribution in [2.45, 2.75) is 19.3 Å². The minimum atomic E-state index is 0. The number of nitrogens with zero attached hydrogens (tertiary/aromatic N) is 1. The van der Waals surface area contributed by atoms with Crippen LogP contribution in [-0.2, 0) is 4.74 Å². The van der Waals surface area contributed by atoms with Gasteiger partial charge in [-0.3, -0.25) is 0 Å². The normalized spacial score (nSPS) is 16.9. The summed E-state index contributed by atoms with van der Waals surface area (Å²) in [6, 6.07) is 0. The fraction of sp³-hybridized carbons (Fsp3) is 1.00. The maximum absolute atomic E-state index is 4.94. The molecule has 0 amide bonds. The van der Waals surface area contributed by atoms with E-state index in [4.69, 9.17) is 4.74 Å². The summed E-state index contributed by atoms with van der Waals surface area (Å²) in [6.07, 6.45) is 4.09. The van der Waals surface area contributed by atoms with E-state index in [-0.39, 0.29) is 11.0 Å². The predicted octanol–water partition coefficient (Wildman–Crippen LogP) is -0.378. The Bertz CT molecular complexity index is 113. The Balaban J connectivity index is 0. The smallest absolute Gasteiger partial charge is 0.0596 e. The zero-order chi connectivity index (χ0) is 8.65. The van der Waals surface area contributed by atoms with Crippen molar-refractivity contribution in [3.05, 3.63) is 0 Å². The number of methoxy groups -OCH3 is 1. The van der Waals surface area contributed by atoms with Gasteiger partial charge in [-0.15, -0.1) is 0 Å². The Kier molecular flexibility index (Phi) is 13.3. The van der Waals surface area contributed by atoms with Crippen LogP contribution in [0.5, 0.6) is 0 Å². The second-order valence-corrected chi connectivity index (χ2v) is 3.96. The van der Waals surface area contributed by atoms with Crippen LogP contribution in [0.2, 0.25) is 0 Å². The first kappa shape index (κ1) is 16.6. The van der Waals surface area contributed by atoms with E-state index in [1.807, 2.05) is 0 Å². The highest BCUT2D eigenvalue weighted by molar-refractivity contribution is 7.95. The highest BCUT2D eigenvalue weighted by atomic mass is 32.2. The van der Waals surface area contributed by atoms with Gasteiger partial charge in [0.1, 0.15) is 0 Å². The molecule has 1 heterocycles. The van der Waals surface area contributed by atoms with E-state index in [2.05, 4.69) is 9.03 Å². The lowest BCUT2D eigenvalue weighted by Crippen LogP contribution is -2.27. The number of ether oxygens (including phenoxy) is 1. The fourth-order valence-corrected chi connectivity index (χ4v) is 2.03. The summed E-state index contributed by atoms with van der Waals surface area (Å²) >= 11 is 1.74. The summed E-state index contributed by atoms with van der Waals surface area (Å²) in [7, 11) is 1.73. The topological polar surface area (TPSA) is 87.5 Å². The van der Waals surface area contributed by atoms with E-state index in [1.54, 1.807) is 19.2 Å². The molecule has 0 aromatic rings. The van der Waals surface area contributed by atoms with Crippen molar-refractivity contribution >= 4 is 12.1 Å². The van der Waals surface area contributed by atoms with Gasteiger partial charge in [0.05, 0.1) is 6.61 Å². The van der Waals surface area contributed by atoms with Gasteiger partial charge < -0.3 is 15.7 Å². The maximum Gasteiger partial charge on any atom is 0.0596 e. The molecule has 0 unspecified atom stereocenters. The molecule has 0 bridgehead atoms. The third-order valence-electron chi connectivity index (χ3n) is 1.92. The van der Waals surface area contributed by atoms with Gasteiger partial charge in [0.25, 0.3) is 0 Å². The summed E-state index contributed by atoms with van der Waals surface area (Å²) in [5.74, 6) is 0. The van der Waals surface area contributed by atoms with Crippen LogP contribution in [0.1, 0.15) is 19.3 Å². The minimum Gasteiger partial charge on any atom is -0.412 e. The van der Waals surface area contributed by atoms with Gasteiger partial charge in [0.15, 0.2) is 0 Å². The number of hydrogen-bond acceptors (Lipinski definition) is 4. The van der Waals surface area contributed by atoms with Crippen LogP contribution >= 0.6 is 12.1 Å². The Morgan fingerprint density at radius 2 is 1.86 bits per heavy atom. The van der Waals surface area contributed by atoms with Crippen molar-refractivity contribution < 1.29 is 15.7 Å². The SMILES string of the molecule is COCCNSN1CCCCC1.O.O. The van der Waals surface area contributed by atoms with Crippen LogP contribution in [0.3, 0.4) is 0 Å². The molecule has 6 heteroatoms. The Morgan fingerprint density at radius 1 is 1.21 bits per heavy atom. The molecule has 0 spiro atoms. The standard InChI is InChI=1S/C8H18N2OS.2H2O/c1-11-8-5-9-12-10-6-3-2-4-7-10;;/h9H,2-8H2,1H3;2*1H2. The molecule has 0 aromatic heterocycles. The summed E-state index contributed by atoms with van der Waals surface area (Å²) < 4.78 is 10.6. The Hall–Kier alpha value is 0.150. The van der Waals surface area contributed by atoms with Crippen molar-refractivity contribution in [3.63, 3.8) is 0 Å². The second-order valence-electron chi connectivity index (χ2n) is 2.97. The number of piperidine rings is 1. The van der Waals surface area contributed by atoms with Gasteiger partial charge in [-0.05, 0) is 12.8 Å². The molecule has 5 N–H and O–H groups in total. The molecule has 1 fully saturated rings. The van der Waals surface area contributed by atoms with Crippen molar-refractivity contribution in [1.29, 1.82) is 0 Å². The molecule has 5 nitrogen and oxygen atoms in total. The molecule has 0 atom stereocenters. The van der Waals surface area contributed by atoms with Gasteiger partial charge in [0.2, 0.25) is 0 Å². The fourth-order valence-electron chi connectivity index (χ4n) is 1.24. The zero-order valence-electron chi connectivity index (χ0n) is 8.71. The molecule has 0 aromatic carbocycles. The van der Waals surface area contributed by atoms with Gasteiger partial charge in [-0.25, -0.2) is 9.03 Å². The Morgan fingerprint density at radius 3 is 2.43 bits per heavy atom. The van der Waals surface area contributed by atoms with Crippen molar-refractivity contribution in [3.8, 4) is 0 Å². The molecule has 1 aliphatic rings. The van der Waals surface area contributed by atoms with Gasteiger partial charge in [-0.2, -0.15) is 0 Å². The number of hydrogen-bond donors (Lipinski definition) is 1. The first-order valence-corrected chi connectivity index (χ1v) is 5.34. The molecule has 0 radical (unpaired) electrons.